The lowest BCUT2D eigenvalue weighted by Gasteiger charge is -2.31. The first kappa shape index (κ1) is 18.1. The van der Waals surface area contributed by atoms with Gasteiger partial charge in [0.2, 0.25) is 0 Å². The van der Waals surface area contributed by atoms with Crippen LogP contribution in [-0.2, 0) is 11.3 Å². The van der Waals surface area contributed by atoms with Crippen molar-refractivity contribution >= 4 is 0 Å². The number of benzene rings is 1. The number of rotatable bonds is 7. The standard InChI is InChI=1S/C21H32N2O3/c1-5-25-19-7-6-15(10-20(19)24-4)11-23-13-17-16(12-22(2)3)18-8-9-21(17,14-23)26-18/h6-7,10,16-18H,5,8-9,11-14H2,1-4H3/t16-,17+,18+,21+/m0/s1. The molecule has 1 aromatic carbocycles. The molecule has 0 saturated carbocycles. The fourth-order valence-corrected chi connectivity index (χ4v) is 5.42. The molecule has 3 fully saturated rings. The Hall–Kier alpha value is -1.30. The van der Waals surface area contributed by atoms with Gasteiger partial charge in [-0.1, -0.05) is 6.07 Å². The van der Waals surface area contributed by atoms with Crippen LogP contribution in [0.3, 0.4) is 0 Å². The third-order valence-electron chi connectivity index (χ3n) is 6.36. The van der Waals surface area contributed by atoms with Gasteiger partial charge in [0.15, 0.2) is 11.5 Å². The Morgan fingerprint density at radius 3 is 2.88 bits per heavy atom. The molecule has 4 rings (SSSR count). The van der Waals surface area contributed by atoms with Crippen molar-refractivity contribution in [3.05, 3.63) is 23.8 Å². The van der Waals surface area contributed by atoms with E-state index in [2.05, 4.69) is 36.0 Å². The van der Waals surface area contributed by atoms with Crippen LogP contribution >= 0.6 is 0 Å². The molecule has 3 aliphatic rings. The maximum Gasteiger partial charge on any atom is 0.161 e. The summed E-state index contributed by atoms with van der Waals surface area (Å²) in [5.41, 5.74) is 1.39. The van der Waals surface area contributed by atoms with Crippen molar-refractivity contribution in [3.63, 3.8) is 0 Å². The lowest BCUT2D eigenvalue weighted by molar-refractivity contribution is 0.00144. The Morgan fingerprint density at radius 1 is 1.31 bits per heavy atom. The molecule has 0 radical (unpaired) electrons. The summed E-state index contributed by atoms with van der Waals surface area (Å²) in [6, 6.07) is 6.31. The molecule has 0 unspecified atom stereocenters. The van der Waals surface area contributed by atoms with Crippen molar-refractivity contribution in [1.29, 1.82) is 0 Å². The largest absolute Gasteiger partial charge is 0.493 e. The molecule has 0 aromatic heterocycles. The molecule has 5 nitrogen and oxygen atoms in total. The molecule has 1 spiro atoms. The summed E-state index contributed by atoms with van der Waals surface area (Å²) in [4.78, 5) is 4.90. The van der Waals surface area contributed by atoms with Crippen molar-refractivity contribution in [1.82, 2.24) is 9.80 Å². The Kier molecular flexibility index (Phi) is 4.88. The summed E-state index contributed by atoms with van der Waals surface area (Å²) in [6.45, 7) is 6.94. The summed E-state index contributed by atoms with van der Waals surface area (Å²) < 4.78 is 17.7. The minimum atomic E-state index is 0.112. The van der Waals surface area contributed by atoms with Crippen molar-refractivity contribution < 1.29 is 14.2 Å². The van der Waals surface area contributed by atoms with Crippen LogP contribution in [0.5, 0.6) is 11.5 Å². The topological polar surface area (TPSA) is 34.2 Å². The fraction of sp³-hybridized carbons (Fsp3) is 0.714. The van der Waals surface area contributed by atoms with Crippen molar-refractivity contribution in [2.24, 2.45) is 11.8 Å². The van der Waals surface area contributed by atoms with E-state index in [0.717, 1.165) is 37.7 Å². The van der Waals surface area contributed by atoms with Crippen LogP contribution in [0.4, 0.5) is 0 Å². The molecule has 3 saturated heterocycles. The Balaban J connectivity index is 1.46. The van der Waals surface area contributed by atoms with E-state index >= 15 is 0 Å². The Labute approximate surface area is 157 Å². The molecule has 26 heavy (non-hydrogen) atoms. The van der Waals surface area contributed by atoms with Crippen LogP contribution < -0.4 is 9.47 Å². The maximum absolute atomic E-state index is 6.55. The van der Waals surface area contributed by atoms with E-state index in [1.54, 1.807) is 7.11 Å². The van der Waals surface area contributed by atoms with Crippen LogP contribution in [0.25, 0.3) is 0 Å². The molecular weight excluding hydrogens is 328 g/mol. The highest BCUT2D eigenvalue weighted by molar-refractivity contribution is 5.43. The second-order valence-electron chi connectivity index (χ2n) is 8.38. The third-order valence-corrected chi connectivity index (χ3v) is 6.36. The average Bonchev–Trinajstić information content (AvgIpc) is 3.25. The van der Waals surface area contributed by atoms with Gasteiger partial charge in [-0.2, -0.15) is 0 Å². The summed E-state index contributed by atoms with van der Waals surface area (Å²) >= 11 is 0. The first-order chi connectivity index (χ1) is 12.5. The molecular formula is C21H32N2O3. The maximum atomic E-state index is 6.55. The Morgan fingerprint density at radius 2 is 2.15 bits per heavy atom. The van der Waals surface area contributed by atoms with E-state index in [9.17, 15) is 0 Å². The predicted octanol–water partition coefficient (Wildman–Crippen LogP) is 2.63. The Bertz CT molecular complexity index is 650. The molecule has 2 bridgehead atoms. The summed E-state index contributed by atoms with van der Waals surface area (Å²) in [5.74, 6) is 3.00. The van der Waals surface area contributed by atoms with E-state index < -0.39 is 0 Å². The summed E-state index contributed by atoms with van der Waals surface area (Å²) in [6.07, 6.45) is 2.95. The monoisotopic (exact) mass is 360 g/mol. The number of hydrogen-bond donors (Lipinski definition) is 0. The van der Waals surface area contributed by atoms with Gasteiger partial charge in [0.05, 0.1) is 25.4 Å². The molecule has 1 aromatic rings. The molecule has 0 N–H and O–H groups in total. The number of fused-ring (bicyclic) bond motifs is 1. The highest BCUT2D eigenvalue weighted by atomic mass is 16.5. The van der Waals surface area contributed by atoms with Crippen LogP contribution in [-0.4, -0.2) is 69.0 Å². The predicted molar refractivity (Wildman–Crippen MR) is 102 cm³/mol. The number of methoxy groups -OCH3 is 1. The van der Waals surface area contributed by atoms with Crippen molar-refractivity contribution in [3.8, 4) is 11.5 Å². The van der Waals surface area contributed by atoms with E-state index in [-0.39, 0.29) is 5.60 Å². The highest BCUT2D eigenvalue weighted by Gasteiger charge is 2.62. The quantitative estimate of drug-likeness (QED) is 0.747. The first-order valence-electron chi connectivity index (χ1n) is 9.89. The zero-order valence-corrected chi connectivity index (χ0v) is 16.5. The number of likely N-dealkylation sites (tertiary alicyclic amines) is 1. The fourth-order valence-electron chi connectivity index (χ4n) is 5.42. The zero-order chi connectivity index (χ0) is 18.3. The van der Waals surface area contributed by atoms with Gasteiger partial charge in [-0.25, -0.2) is 0 Å². The molecule has 5 heteroatoms. The third kappa shape index (κ3) is 3.10. The second-order valence-corrected chi connectivity index (χ2v) is 8.38. The van der Waals surface area contributed by atoms with Crippen LogP contribution in [0.2, 0.25) is 0 Å². The zero-order valence-electron chi connectivity index (χ0n) is 16.5. The van der Waals surface area contributed by atoms with Crippen LogP contribution in [0, 0.1) is 11.8 Å². The number of hydrogen-bond acceptors (Lipinski definition) is 5. The van der Waals surface area contributed by atoms with Crippen molar-refractivity contribution in [2.45, 2.75) is 38.0 Å². The van der Waals surface area contributed by atoms with E-state index in [1.807, 2.05) is 13.0 Å². The minimum Gasteiger partial charge on any atom is -0.493 e. The van der Waals surface area contributed by atoms with Crippen molar-refractivity contribution in [2.75, 3.05) is 47.4 Å². The van der Waals surface area contributed by atoms with Gasteiger partial charge in [0, 0.05) is 38.0 Å². The first-order valence-corrected chi connectivity index (χ1v) is 9.89. The van der Waals surface area contributed by atoms with Crippen LogP contribution in [0.15, 0.2) is 18.2 Å². The second kappa shape index (κ2) is 7.02. The van der Waals surface area contributed by atoms with Gasteiger partial charge in [-0.15, -0.1) is 0 Å². The molecule has 0 aliphatic carbocycles. The van der Waals surface area contributed by atoms with Gasteiger partial charge >= 0.3 is 0 Å². The molecule has 3 aliphatic heterocycles. The normalized spacial score (nSPS) is 33.0. The highest BCUT2D eigenvalue weighted by Crippen LogP contribution is 2.55. The number of ether oxygens (including phenoxy) is 3. The molecule has 144 valence electrons. The van der Waals surface area contributed by atoms with Gasteiger partial charge < -0.3 is 19.1 Å². The lowest BCUT2D eigenvalue weighted by Crippen LogP contribution is -2.40. The van der Waals surface area contributed by atoms with E-state index in [4.69, 9.17) is 14.2 Å². The molecule has 0 amide bonds. The van der Waals surface area contributed by atoms with Gasteiger partial charge in [0.1, 0.15) is 0 Å². The summed E-state index contributed by atoms with van der Waals surface area (Å²) in [5, 5.41) is 0. The SMILES string of the molecule is CCOc1ccc(CN2C[C@@H]3[C@H](CN(C)C)[C@H]4CC[C@]3(C2)O4)cc1OC. The van der Waals surface area contributed by atoms with E-state index in [1.165, 1.54) is 18.4 Å². The molecule has 4 atom stereocenters. The van der Waals surface area contributed by atoms with Gasteiger partial charge in [-0.05, 0) is 51.6 Å². The minimum absolute atomic E-state index is 0.112. The smallest absolute Gasteiger partial charge is 0.161 e. The number of nitrogens with zero attached hydrogens (tertiary/aromatic N) is 2. The summed E-state index contributed by atoms with van der Waals surface area (Å²) in [7, 11) is 6.06. The van der Waals surface area contributed by atoms with E-state index in [0.29, 0.717) is 24.5 Å². The van der Waals surface area contributed by atoms with Gasteiger partial charge in [0.25, 0.3) is 0 Å². The molecule has 3 heterocycles. The average molecular weight is 360 g/mol. The van der Waals surface area contributed by atoms with Gasteiger partial charge in [-0.3, -0.25) is 4.90 Å². The lowest BCUT2D eigenvalue weighted by atomic mass is 9.73. The van der Waals surface area contributed by atoms with Crippen LogP contribution in [0.1, 0.15) is 25.3 Å².